The van der Waals surface area contributed by atoms with Crippen LogP contribution in [0.2, 0.25) is 0 Å². The molecule has 0 saturated carbocycles. The Morgan fingerprint density at radius 1 is 1.07 bits per heavy atom. The summed E-state index contributed by atoms with van der Waals surface area (Å²) < 4.78 is 11.0. The van der Waals surface area contributed by atoms with Gasteiger partial charge in [-0.2, -0.15) is 0 Å². The lowest BCUT2D eigenvalue weighted by molar-refractivity contribution is -0.115. The molecule has 0 fully saturated rings. The van der Waals surface area contributed by atoms with Crippen molar-refractivity contribution in [2.75, 3.05) is 11.9 Å². The van der Waals surface area contributed by atoms with Crippen molar-refractivity contribution in [2.45, 2.75) is 26.9 Å². The van der Waals surface area contributed by atoms with E-state index in [1.54, 1.807) is 6.08 Å². The van der Waals surface area contributed by atoms with Crippen molar-refractivity contribution in [3.63, 3.8) is 0 Å². The predicted octanol–water partition coefficient (Wildman–Crippen LogP) is 4.40. The van der Waals surface area contributed by atoms with E-state index in [2.05, 4.69) is 10.6 Å². The van der Waals surface area contributed by atoms with Crippen LogP contribution in [0.4, 0.5) is 5.69 Å². The molecule has 0 bridgehead atoms. The molecule has 0 aliphatic heterocycles. The Hall–Kier alpha value is -2.86. The molecule has 5 nitrogen and oxygen atoms in total. The molecule has 0 atom stereocenters. The van der Waals surface area contributed by atoms with Crippen molar-refractivity contribution in [1.82, 2.24) is 5.32 Å². The highest BCUT2D eigenvalue weighted by Crippen LogP contribution is 2.17. The van der Waals surface area contributed by atoms with Gasteiger partial charge in [0.1, 0.15) is 11.5 Å². The predicted molar refractivity (Wildman–Crippen MR) is 113 cm³/mol. The number of carbonyl (C=O) groups is 1. The molecule has 0 saturated heterocycles. The monoisotopic (exact) mass is 384 g/mol. The van der Waals surface area contributed by atoms with Crippen LogP contribution in [0.3, 0.4) is 0 Å². The molecule has 0 heterocycles. The summed E-state index contributed by atoms with van der Waals surface area (Å²) in [5, 5.41) is 5.81. The summed E-state index contributed by atoms with van der Waals surface area (Å²) in [6.07, 6.45) is 3.26. The summed E-state index contributed by atoms with van der Waals surface area (Å²) in [7, 11) is 0. The number of anilines is 1. The van der Waals surface area contributed by atoms with Crippen LogP contribution >= 0.6 is 12.2 Å². The Morgan fingerprint density at radius 2 is 1.70 bits per heavy atom. The highest BCUT2D eigenvalue weighted by Gasteiger charge is 2.03. The lowest BCUT2D eigenvalue weighted by Crippen LogP contribution is -2.32. The molecule has 0 aromatic heterocycles. The summed E-state index contributed by atoms with van der Waals surface area (Å²) in [5.41, 5.74) is 1.67. The van der Waals surface area contributed by atoms with Crippen LogP contribution in [-0.4, -0.2) is 23.7 Å². The van der Waals surface area contributed by atoms with E-state index in [-0.39, 0.29) is 17.1 Å². The number of thiocarbonyl (C=S) groups is 1. The second kappa shape index (κ2) is 10.3. The summed E-state index contributed by atoms with van der Waals surface area (Å²) in [6, 6.07) is 14.9. The van der Waals surface area contributed by atoms with E-state index in [0.717, 1.165) is 22.7 Å². The Kier molecular flexibility index (Phi) is 7.82. The summed E-state index contributed by atoms with van der Waals surface area (Å²) >= 11 is 5.17. The molecule has 0 spiro atoms. The summed E-state index contributed by atoms with van der Waals surface area (Å²) in [5.74, 6) is 1.28. The van der Waals surface area contributed by atoms with E-state index in [4.69, 9.17) is 21.7 Å². The van der Waals surface area contributed by atoms with E-state index in [0.29, 0.717) is 6.61 Å². The smallest absolute Gasteiger partial charge is 0.250 e. The van der Waals surface area contributed by atoms with Gasteiger partial charge in [0.05, 0.1) is 12.7 Å². The lowest BCUT2D eigenvalue weighted by Gasteiger charge is -2.11. The molecule has 0 radical (unpaired) electrons. The number of amides is 1. The van der Waals surface area contributed by atoms with E-state index < -0.39 is 0 Å². The molecule has 27 heavy (non-hydrogen) atoms. The fourth-order valence-electron chi connectivity index (χ4n) is 2.22. The maximum absolute atomic E-state index is 12.0. The van der Waals surface area contributed by atoms with Crippen LogP contribution in [0.25, 0.3) is 6.08 Å². The van der Waals surface area contributed by atoms with Crippen LogP contribution < -0.4 is 20.1 Å². The number of benzene rings is 2. The van der Waals surface area contributed by atoms with Gasteiger partial charge in [-0.25, -0.2) is 0 Å². The van der Waals surface area contributed by atoms with Crippen molar-refractivity contribution in [1.29, 1.82) is 0 Å². The molecular formula is C21H24N2O3S. The maximum atomic E-state index is 12.0. The lowest BCUT2D eigenvalue weighted by atomic mass is 10.2. The van der Waals surface area contributed by atoms with Gasteiger partial charge in [0.15, 0.2) is 5.11 Å². The van der Waals surface area contributed by atoms with E-state index in [1.807, 2.05) is 69.3 Å². The van der Waals surface area contributed by atoms with Crippen LogP contribution in [0, 0.1) is 0 Å². The van der Waals surface area contributed by atoms with Gasteiger partial charge in [-0.05, 0) is 81.0 Å². The first kappa shape index (κ1) is 20.5. The normalized spacial score (nSPS) is 10.7. The van der Waals surface area contributed by atoms with Gasteiger partial charge in [-0.3, -0.25) is 10.1 Å². The quantitative estimate of drug-likeness (QED) is 0.547. The van der Waals surface area contributed by atoms with Gasteiger partial charge < -0.3 is 14.8 Å². The van der Waals surface area contributed by atoms with Gasteiger partial charge in [0.25, 0.3) is 0 Å². The zero-order chi connectivity index (χ0) is 19.6. The molecule has 0 aliphatic carbocycles. The van der Waals surface area contributed by atoms with E-state index >= 15 is 0 Å². The standard InChI is InChI=1S/C21H24N2O3S/c1-4-25-18-10-5-16(6-11-18)7-14-20(24)23-21(27)22-17-8-12-19(13-9-17)26-15(2)3/h5-15H,4H2,1-3H3,(H2,22,23,24,27)/b14-7+. The molecule has 2 aromatic carbocycles. The Balaban J connectivity index is 1.83. The highest BCUT2D eigenvalue weighted by molar-refractivity contribution is 7.80. The molecular weight excluding hydrogens is 360 g/mol. The first-order valence-corrected chi connectivity index (χ1v) is 9.16. The van der Waals surface area contributed by atoms with Gasteiger partial charge >= 0.3 is 0 Å². The second-order valence-electron chi connectivity index (χ2n) is 5.97. The Bertz CT molecular complexity index is 784. The largest absolute Gasteiger partial charge is 0.494 e. The van der Waals surface area contributed by atoms with E-state index in [1.165, 1.54) is 6.08 Å². The average Bonchev–Trinajstić information content (AvgIpc) is 2.62. The first-order chi connectivity index (χ1) is 13.0. The third-order valence-corrected chi connectivity index (χ3v) is 3.54. The molecule has 142 valence electrons. The van der Waals surface area contributed by atoms with Crippen molar-refractivity contribution in [2.24, 2.45) is 0 Å². The van der Waals surface area contributed by atoms with Crippen molar-refractivity contribution in [3.8, 4) is 11.5 Å². The number of rotatable bonds is 7. The van der Waals surface area contributed by atoms with Crippen LogP contribution in [0.1, 0.15) is 26.3 Å². The van der Waals surface area contributed by atoms with Crippen LogP contribution in [0.15, 0.2) is 54.6 Å². The maximum Gasteiger partial charge on any atom is 0.250 e. The summed E-state index contributed by atoms with van der Waals surface area (Å²) in [4.78, 5) is 12.0. The number of hydrogen-bond acceptors (Lipinski definition) is 4. The highest BCUT2D eigenvalue weighted by atomic mass is 32.1. The third-order valence-electron chi connectivity index (χ3n) is 3.34. The Morgan fingerprint density at radius 3 is 2.30 bits per heavy atom. The van der Waals surface area contributed by atoms with Crippen LogP contribution in [0.5, 0.6) is 11.5 Å². The molecule has 2 N–H and O–H groups in total. The first-order valence-electron chi connectivity index (χ1n) is 8.76. The van der Waals surface area contributed by atoms with Gasteiger partial charge in [0.2, 0.25) is 5.91 Å². The van der Waals surface area contributed by atoms with Crippen molar-refractivity contribution >= 4 is 35.0 Å². The molecule has 0 aliphatic rings. The number of hydrogen-bond donors (Lipinski definition) is 2. The van der Waals surface area contributed by atoms with Crippen molar-refractivity contribution in [3.05, 3.63) is 60.2 Å². The topological polar surface area (TPSA) is 59.6 Å². The minimum atomic E-state index is -0.304. The molecule has 2 rings (SSSR count). The van der Waals surface area contributed by atoms with Gasteiger partial charge in [-0.1, -0.05) is 12.1 Å². The van der Waals surface area contributed by atoms with Gasteiger partial charge in [0, 0.05) is 11.8 Å². The minimum absolute atomic E-state index is 0.117. The van der Waals surface area contributed by atoms with Gasteiger partial charge in [-0.15, -0.1) is 0 Å². The third kappa shape index (κ3) is 7.50. The number of ether oxygens (including phenoxy) is 2. The molecule has 2 aromatic rings. The molecule has 0 unspecified atom stereocenters. The fourth-order valence-corrected chi connectivity index (χ4v) is 2.44. The van der Waals surface area contributed by atoms with Crippen LogP contribution in [-0.2, 0) is 4.79 Å². The van der Waals surface area contributed by atoms with E-state index in [9.17, 15) is 4.79 Å². The van der Waals surface area contributed by atoms with Crippen molar-refractivity contribution < 1.29 is 14.3 Å². The SMILES string of the molecule is CCOc1ccc(/C=C/C(=O)NC(=S)Nc2ccc(OC(C)C)cc2)cc1. The fraction of sp³-hybridized carbons (Fsp3) is 0.238. The average molecular weight is 385 g/mol. The number of nitrogens with one attached hydrogen (secondary N) is 2. The zero-order valence-electron chi connectivity index (χ0n) is 15.7. The summed E-state index contributed by atoms with van der Waals surface area (Å²) in [6.45, 7) is 6.49. The second-order valence-corrected chi connectivity index (χ2v) is 6.38. The Labute approximate surface area is 165 Å². The zero-order valence-corrected chi connectivity index (χ0v) is 16.5. The minimum Gasteiger partial charge on any atom is -0.494 e. The molecule has 6 heteroatoms. The number of carbonyl (C=O) groups excluding carboxylic acids is 1. The molecule has 1 amide bonds.